The Balaban J connectivity index is 2.67. The van der Waals surface area contributed by atoms with E-state index in [0.29, 0.717) is 0 Å². The van der Waals surface area contributed by atoms with Gasteiger partial charge in [0.2, 0.25) is 0 Å². The lowest BCUT2D eigenvalue weighted by Gasteiger charge is -2.05. The Bertz CT molecular complexity index is 214. The van der Waals surface area contributed by atoms with E-state index in [1.54, 1.807) is 6.20 Å². The molecule has 1 aromatic heterocycles. The molecule has 1 rings (SSSR count). The fourth-order valence-corrected chi connectivity index (χ4v) is 1.02. The van der Waals surface area contributed by atoms with Crippen LogP contribution in [0.25, 0.3) is 0 Å². The molecule has 2 N–H and O–H groups in total. The van der Waals surface area contributed by atoms with Crippen molar-refractivity contribution in [2.75, 3.05) is 23.7 Å². The van der Waals surface area contributed by atoms with Crippen LogP contribution in [0.15, 0.2) is 18.3 Å². The Morgan fingerprint density at radius 3 is 2.67 bits per heavy atom. The third kappa shape index (κ3) is 2.42. The second kappa shape index (κ2) is 4.59. The molecule has 0 aliphatic carbocycles. The normalized spacial score (nSPS) is 9.50. The zero-order valence-electron chi connectivity index (χ0n) is 7.59. The van der Waals surface area contributed by atoms with Crippen molar-refractivity contribution in [2.45, 2.75) is 13.8 Å². The maximum atomic E-state index is 4.16. The van der Waals surface area contributed by atoms with E-state index in [9.17, 15) is 0 Å². The van der Waals surface area contributed by atoms with Crippen LogP contribution in [0.5, 0.6) is 0 Å². The Kier molecular flexibility index (Phi) is 3.38. The standard InChI is InChI=1S/C9H15N3/c1-3-10-8-5-6-12-9(7-8)11-4-2/h5-7H,3-4H2,1-2H3,(H2,10,11,12). The lowest BCUT2D eigenvalue weighted by molar-refractivity contribution is 1.15. The molecule has 0 radical (unpaired) electrons. The summed E-state index contributed by atoms with van der Waals surface area (Å²) in [5.41, 5.74) is 1.11. The summed E-state index contributed by atoms with van der Waals surface area (Å²) in [5, 5.41) is 6.38. The Morgan fingerprint density at radius 1 is 1.25 bits per heavy atom. The summed E-state index contributed by atoms with van der Waals surface area (Å²) in [7, 11) is 0. The molecule has 0 aliphatic heterocycles. The van der Waals surface area contributed by atoms with Gasteiger partial charge in [0.1, 0.15) is 5.82 Å². The largest absolute Gasteiger partial charge is 0.385 e. The molecule has 1 aromatic rings. The van der Waals surface area contributed by atoms with Crippen molar-refractivity contribution in [3.05, 3.63) is 18.3 Å². The summed E-state index contributed by atoms with van der Waals surface area (Å²) in [6, 6.07) is 3.97. The third-order valence-corrected chi connectivity index (χ3v) is 1.50. The van der Waals surface area contributed by atoms with Gasteiger partial charge in [-0.3, -0.25) is 0 Å². The first-order valence-corrected chi connectivity index (χ1v) is 4.30. The molecule has 0 bridgehead atoms. The molecule has 66 valence electrons. The van der Waals surface area contributed by atoms with E-state index in [-0.39, 0.29) is 0 Å². The van der Waals surface area contributed by atoms with Crippen LogP contribution in [-0.2, 0) is 0 Å². The van der Waals surface area contributed by atoms with E-state index in [1.165, 1.54) is 0 Å². The second-order valence-corrected chi connectivity index (χ2v) is 2.49. The van der Waals surface area contributed by atoms with Crippen molar-refractivity contribution < 1.29 is 0 Å². The number of aromatic nitrogens is 1. The average molecular weight is 165 g/mol. The smallest absolute Gasteiger partial charge is 0.127 e. The SMILES string of the molecule is CCNc1ccnc(NCC)c1. The van der Waals surface area contributed by atoms with Gasteiger partial charge in [-0.1, -0.05) is 0 Å². The summed E-state index contributed by atoms with van der Waals surface area (Å²) < 4.78 is 0. The first kappa shape index (κ1) is 8.84. The predicted molar refractivity (Wildman–Crippen MR) is 52.6 cm³/mol. The van der Waals surface area contributed by atoms with Gasteiger partial charge in [-0.15, -0.1) is 0 Å². The molecule has 3 nitrogen and oxygen atoms in total. The molecule has 0 atom stereocenters. The number of hydrogen-bond acceptors (Lipinski definition) is 3. The zero-order chi connectivity index (χ0) is 8.81. The number of nitrogens with one attached hydrogen (secondary N) is 2. The van der Waals surface area contributed by atoms with E-state index in [2.05, 4.69) is 29.5 Å². The number of pyridine rings is 1. The van der Waals surface area contributed by atoms with Gasteiger partial charge in [-0.2, -0.15) is 0 Å². The summed E-state index contributed by atoms with van der Waals surface area (Å²) in [6.45, 7) is 5.98. The van der Waals surface area contributed by atoms with Crippen LogP contribution in [0.3, 0.4) is 0 Å². The fourth-order valence-electron chi connectivity index (χ4n) is 1.02. The van der Waals surface area contributed by atoms with Gasteiger partial charge in [0.25, 0.3) is 0 Å². The molecule has 12 heavy (non-hydrogen) atoms. The van der Waals surface area contributed by atoms with Gasteiger partial charge in [-0.25, -0.2) is 4.98 Å². The zero-order valence-corrected chi connectivity index (χ0v) is 7.59. The minimum absolute atomic E-state index is 0.905. The monoisotopic (exact) mass is 165 g/mol. The van der Waals surface area contributed by atoms with Crippen molar-refractivity contribution >= 4 is 11.5 Å². The minimum Gasteiger partial charge on any atom is -0.385 e. The van der Waals surface area contributed by atoms with Gasteiger partial charge in [0.05, 0.1) is 0 Å². The van der Waals surface area contributed by atoms with E-state index >= 15 is 0 Å². The van der Waals surface area contributed by atoms with Crippen LogP contribution in [0.1, 0.15) is 13.8 Å². The maximum Gasteiger partial charge on any atom is 0.127 e. The van der Waals surface area contributed by atoms with Crippen LogP contribution in [0.4, 0.5) is 11.5 Å². The number of hydrogen-bond donors (Lipinski definition) is 2. The lowest BCUT2D eigenvalue weighted by atomic mass is 10.4. The van der Waals surface area contributed by atoms with Gasteiger partial charge in [-0.05, 0) is 19.9 Å². The maximum absolute atomic E-state index is 4.16. The fraction of sp³-hybridized carbons (Fsp3) is 0.444. The van der Waals surface area contributed by atoms with Crippen molar-refractivity contribution in [3.63, 3.8) is 0 Å². The van der Waals surface area contributed by atoms with Gasteiger partial charge >= 0.3 is 0 Å². The third-order valence-electron chi connectivity index (χ3n) is 1.50. The molecule has 0 amide bonds. The Labute approximate surface area is 73.2 Å². The first-order valence-electron chi connectivity index (χ1n) is 4.30. The van der Waals surface area contributed by atoms with Crippen molar-refractivity contribution in [2.24, 2.45) is 0 Å². The van der Waals surface area contributed by atoms with Crippen molar-refractivity contribution in [1.82, 2.24) is 4.98 Å². The van der Waals surface area contributed by atoms with Gasteiger partial charge in [0, 0.05) is 31.0 Å². The number of nitrogens with zero attached hydrogens (tertiary/aromatic N) is 1. The highest BCUT2D eigenvalue weighted by molar-refractivity contribution is 5.51. The van der Waals surface area contributed by atoms with Crippen LogP contribution in [-0.4, -0.2) is 18.1 Å². The predicted octanol–water partition coefficient (Wildman–Crippen LogP) is 1.95. The van der Waals surface area contributed by atoms with Crippen molar-refractivity contribution in [3.8, 4) is 0 Å². The van der Waals surface area contributed by atoms with Crippen molar-refractivity contribution in [1.29, 1.82) is 0 Å². The highest BCUT2D eigenvalue weighted by atomic mass is 15.0. The van der Waals surface area contributed by atoms with Gasteiger partial charge < -0.3 is 10.6 Å². The number of anilines is 2. The van der Waals surface area contributed by atoms with Crippen LogP contribution in [0, 0.1) is 0 Å². The average Bonchev–Trinajstić information content (AvgIpc) is 2.06. The molecular formula is C9H15N3. The Hall–Kier alpha value is -1.25. The molecule has 0 spiro atoms. The van der Waals surface area contributed by atoms with Crippen LogP contribution in [0.2, 0.25) is 0 Å². The summed E-state index contributed by atoms with van der Waals surface area (Å²) >= 11 is 0. The molecular weight excluding hydrogens is 150 g/mol. The highest BCUT2D eigenvalue weighted by Gasteiger charge is 1.92. The molecule has 1 heterocycles. The first-order chi connectivity index (χ1) is 5.86. The van der Waals surface area contributed by atoms with Crippen LogP contribution < -0.4 is 10.6 Å². The quantitative estimate of drug-likeness (QED) is 0.716. The van der Waals surface area contributed by atoms with E-state index < -0.39 is 0 Å². The Morgan fingerprint density at radius 2 is 2.00 bits per heavy atom. The molecule has 0 saturated heterocycles. The summed E-state index contributed by atoms with van der Waals surface area (Å²) in [6.07, 6.45) is 1.80. The molecule has 0 unspecified atom stereocenters. The highest BCUT2D eigenvalue weighted by Crippen LogP contribution is 2.10. The molecule has 0 fully saturated rings. The van der Waals surface area contributed by atoms with E-state index in [1.807, 2.05) is 12.1 Å². The molecule has 0 aromatic carbocycles. The minimum atomic E-state index is 0.905. The molecule has 0 aliphatic rings. The van der Waals surface area contributed by atoms with E-state index in [0.717, 1.165) is 24.6 Å². The molecule has 3 heteroatoms. The topological polar surface area (TPSA) is 37.0 Å². The molecule has 0 saturated carbocycles. The summed E-state index contributed by atoms with van der Waals surface area (Å²) in [5.74, 6) is 0.927. The van der Waals surface area contributed by atoms with E-state index in [4.69, 9.17) is 0 Å². The summed E-state index contributed by atoms with van der Waals surface area (Å²) in [4.78, 5) is 4.16. The second-order valence-electron chi connectivity index (χ2n) is 2.49. The lowest BCUT2D eigenvalue weighted by Crippen LogP contribution is -2.01. The number of rotatable bonds is 4. The van der Waals surface area contributed by atoms with Gasteiger partial charge in [0.15, 0.2) is 0 Å². The van der Waals surface area contributed by atoms with Crippen LogP contribution >= 0.6 is 0 Å².